The summed E-state index contributed by atoms with van der Waals surface area (Å²) in [5.41, 5.74) is 10.7. The number of para-hydroxylation sites is 1. The van der Waals surface area contributed by atoms with Crippen LogP contribution in [0.5, 0.6) is 0 Å². The molecule has 0 atom stereocenters. The number of hydrogen-bond acceptors (Lipinski definition) is 3. The molecule has 4 heteroatoms. The summed E-state index contributed by atoms with van der Waals surface area (Å²) in [6.07, 6.45) is 1.77. The Labute approximate surface area is 126 Å². The molecule has 2 aromatic carbocycles. The van der Waals surface area contributed by atoms with E-state index in [4.69, 9.17) is 5.73 Å². The van der Waals surface area contributed by atoms with Gasteiger partial charge in [0.2, 0.25) is 0 Å². The lowest BCUT2D eigenvalue weighted by atomic mass is 10.1. The molecule has 0 bridgehead atoms. The number of nitrogens with two attached hydrogens (primary N) is 1. The van der Waals surface area contributed by atoms with Gasteiger partial charge >= 0.3 is 0 Å². The van der Waals surface area contributed by atoms with Crippen molar-refractivity contribution in [3.05, 3.63) is 58.7 Å². The van der Waals surface area contributed by atoms with E-state index in [1.807, 2.05) is 24.3 Å². The molecule has 0 aliphatic rings. The first-order valence-corrected chi connectivity index (χ1v) is 7.11. The fraction of sp³-hybridized carbons (Fsp3) is 0.0625. The lowest BCUT2D eigenvalue weighted by Crippen LogP contribution is -1.96. The third-order valence-corrected chi connectivity index (χ3v) is 3.85. The monoisotopic (exact) mass is 327 g/mol. The van der Waals surface area contributed by atoms with E-state index in [0.29, 0.717) is 5.69 Å². The van der Waals surface area contributed by atoms with E-state index in [1.54, 1.807) is 6.20 Å². The molecule has 1 aromatic heterocycles. The van der Waals surface area contributed by atoms with Crippen LogP contribution in [0.3, 0.4) is 0 Å². The molecule has 0 saturated carbocycles. The standard InChI is InChI=1S/C16H14BrN3/c1-10-5-6-15(12(17)9-10)20-14-7-8-19-16-11(14)3-2-4-13(16)18/h2-9H,18H2,1H3,(H,19,20). The van der Waals surface area contributed by atoms with Gasteiger partial charge in [0.1, 0.15) is 0 Å². The summed E-state index contributed by atoms with van der Waals surface area (Å²) < 4.78 is 1.03. The number of halogens is 1. The van der Waals surface area contributed by atoms with Crippen molar-refractivity contribution < 1.29 is 0 Å². The van der Waals surface area contributed by atoms with Gasteiger partial charge in [-0.3, -0.25) is 4.98 Å². The van der Waals surface area contributed by atoms with E-state index in [9.17, 15) is 0 Å². The molecule has 0 aliphatic heterocycles. The van der Waals surface area contributed by atoms with Crippen molar-refractivity contribution >= 4 is 43.9 Å². The maximum Gasteiger partial charge on any atom is 0.0951 e. The third-order valence-electron chi connectivity index (χ3n) is 3.20. The molecule has 0 saturated heterocycles. The molecule has 3 rings (SSSR count). The zero-order valence-electron chi connectivity index (χ0n) is 11.0. The van der Waals surface area contributed by atoms with Crippen molar-refractivity contribution in [1.29, 1.82) is 0 Å². The molecule has 0 spiro atoms. The second kappa shape index (κ2) is 5.13. The van der Waals surface area contributed by atoms with Crippen LogP contribution in [0.15, 0.2) is 53.1 Å². The number of pyridine rings is 1. The first kappa shape index (κ1) is 12.9. The van der Waals surface area contributed by atoms with Crippen molar-refractivity contribution in [2.75, 3.05) is 11.1 Å². The largest absolute Gasteiger partial charge is 0.397 e. The number of fused-ring (bicyclic) bond motifs is 1. The highest BCUT2D eigenvalue weighted by atomic mass is 79.9. The highest BCUT2D eigenvalue weighted by Gasteiger charge is 2.06. The molecule has 0 fully saturated rings. The molecule has 3 aromatic rings. The molecule has 0 aliphatic carbocycles. The quantitative estimate of drug-likeness (QED) is 0.674. The number of hydrogen-bond donors (Lipinski definition) is 2. The Kier molecular flexibility index (Phi) is 3.32. The SMILES string of the molecule is Cc1ccc(Nc2ccnc3c(N)cccc23)c(Br)c1. The fourth-order valence-electron chi connectivity index (χ4n) is 2.17. The predicted octanol–water partition coefficient (Wildman–Crippen LogP) is 4.63. The van der Waals surface area contributed by atoms with Gasteiger partial charge in [0.15, 0.2) is 0 Å². The van der Waals surface area contributed by atoms with E-state index in [-0.39, 0.29) is 0 Å². The van der Waals surface area contributed by atoms with Crippen LogP contribution in [0.4, 0.5) is 17.1 Å². The van der Waals surface area contributed by atoms with E-state index in [0.717, 1.165) is 26.8 Å². The van der Waals surface area contributed by atoms with Gasteiger partial charge in [0.25, 0.3) is 0 Å². The molecule has 100 valence electrons. The molecule has 3 N–H and O–H groups in total. The first-order valence-electron chi connectivity index (χ1n) is 6.31. The summed E-state index contributed by atoms with van der Waals surface area (Å²) in [4.78, 5) is 4.34. The van der Waals surface area contributed by atoms with E-state index in [2.05, 4.69) is 51.4 Å². The van der Waals surface area contributed by atoms with Crippen molar-refractivity contribution in [1.82, 2.24) is 4.98 Å². The number of nitrogen functional groups attached to an aromatic ring is 1. The maximum atomic E-state index is 5.97. The highest BCUT2D eigenvalue weighted by Crippen LogP contribution is 2.31. The van der Waals surface area contributed by atoms with Gasteiger partial charge in [0.05, 0.1) is 16.9 Å². The Hall–Kier alpha value is -2.07. The van der Waals surface area contributed by atoms with Crippen LogP contribution in [0.25, 0.3) is 10.9 Å². The lowest BCUT2D eigenvalue weighted by molar-refractivity contribution is 1.39. The Bertz CT molecular complexity index is 784. The van der Waals surface area contributed by atoms with Crippen LogP contribution < -0.4 is 11.1 Å². The van der Waals surface area contributed by atoms with Crippen molar-refractivity contribution in [3.63, 3.8) is 0 Å². The van der Waals surface area contributed by atoms with Gasteiger partial charge in [-0.2, -0.15) is 0 Å². The third kappa shape index (κ3) is 2.34. The number of benzene rings is 2. The summed E-state index contributed by atoms with van der Waals surface area (Å²) in [6, 6.07) is 14.0. The summed E-state index contributed by atoms with van der Waals surface area (Å²) in [7, 11) is 0. The Morgan fingerprint density at radius 3 is 2.75 bits per heavy atom. The normalized spacial score (nSPS) is 10.7. The minimum Gasteiger partial charge on any atom is -0.397 e. The number of nitrogens with one attached hydrogen (secondary N) is 1. The molecule has 20 heavy (non-hydrogen) atoms. The number of aryl methyl sites for hydroxylation is 1. The zero-order valence-corrected chi connectivity index (χ0v) is 12.6. The van der Waals surface area contributed by atoms with Crippen molar-refractivity contribution in [2.24, 2.45) is 0 Å². The van der Waals surface area contributed by atoms with Crippen LogP contribution >= 0.6 is 15.9 Å². The summed E-state index contributed by atoms with van der Waals surface area (Å²) in [5, 5.41) is 4.44. The van der Waals surface area contributed by atoms with Crippen LogP contribution in [-0.2, 0) is 0 Å². The molecular formula is C16H14BrN3. The van der Waals surface area contributed by atoms with Crippen LogP contribution in [0.1, 0.15) is 5.56 Å². The summed E-state index contributed by atoms with van der Waals surface area (Å²) in [6.45, 7) is 2.07. The van der Waals surface area contributed by atoms with E-state index < -0.39 is 0 Å². The number of anilines is 3. The zero-order chi connectivity index (χ0) is 14.1. The highest BCUT2D eigenvalue weighted by molar-refractivity contribution is 9.10. The van der Waals surface area contributed by atoms with Gasteiger partial charge in [-0.25, -0.2) is 0 Å². The minimum atomic E-state index is 0.689. The first-order chi connectivity index (χ1) is 9.65. The van der Waals surface area contributed by atoms with Gasteiger partial charge in [-0.05, 0) is 52.7 Å². The van der Waals surface area contributed by atoms with E-state index in [1.165, 1.54) is 5.56 Å². The Morgan fingerprint density at radius 2 is 1.95 bits per heavy atom. The van der Waals surface area contributed by atoms with Gasteiger partial charge in [0, 0.05) is 21.7 Å². The Morgan fingerprint density at radius 1 is 1.10 bits per heavy atom. The fourth-order valence-corrected chi connectivity index (χ4v) is 2.77. The average molecular weight is 328 g/mol. The molecule has 0 radical (unpaired) electrons. The van der Waals surface area contributed by atoms with Crippen molar-refractivity contribution in [3.8, 4) is 0 Å². The van der Waals surface area contributed by atoms with Crippen LogP contribution in [0, 0.1) is 6.92 Å². The van der Waals surface area contributed by atoms with Gasteiger partial charge in [-0.1, -0.05) is 18.2 Å². The maximum absolute atomic E-state index is 5.97. The summed E-state index contributed by atoms with van der Waals surface area (Å²) in [5.74, 6) is 0. The van der Waals surface area contributed by atoms with E-state index >= 15 is 0 Å². The Balaban J connectivity index is 2.09. The summed E-state index contributed by atoms with van der Waals surface area (Å²) >= 11 is 3.58. The molecule has 0 amide bonds. The average Bonchev–Trinajstić information content (AvgIpc) is 2.43. The van der Waals surface area contributed by atoms with Crippen LogP contribution in [-0.4, -0.2) is 4.98 Å². The smallest absolute Gasteiger partial charge is 0.0951 e. The number of aromatic nitrogens is 1. The van der Waals surface area contributed by atoms with Crippen LogP contribution in [0.2, 0.25) is 0 Å². The molecule has 0 unspecified atom stereocenters. The number of rotatable bonds is 2. The van der Waals surface area contributed by atoms with Gasteiger partial charge in [-0.15, -0.1) is 0 Å². The second-order valence-electron chi connectivity index (χ2n) is 4.71. The molecular weight excluding hydrogens is 314 g/mol. The predicted molar refractivity (Wildman–Crippen MR) is 88.3 cm³/mol. The second-order valence-corrected chi connectivity index (χ2v) is 5.56. The van der Waals surface area contributed by atoms with Gasteiger partial charge < -0.3 is 11.1 Å². The van der Waals surface area contributed by atoms with Crippen molar-refractivity contribution in [2.45, 2.75) is 6.92 Å². The topological polar surface area (TPSA) is 50.9 Å². The lowest BCUT2D eigenvalue weighted by Gasteiger charge is -2.12. The molecule has 3 nitrogen and oxygen atoms in total. The minimum absolute atomic E-state index is 0.689. The number of nitrogens with zero attached hydrogens (tertiary/aromatic N) is 1. The molecule has 1 heterocycles.